The van der Waals surface area contributed by atoms with Gasteiger partial charge in [0.1, 0.15) is 0 Å². The molecule has 4 nitrogen and oxygen atoms in total. The van der Waals surface area contributed by atoms with Crippen LogP contribution in [0.15, 0.2) is 47.8 Å². The Morgan fingerprint density at radius 2 is 2.00 bits per heavy atom. The van der Waals surface area contributed by atoms with Crippen LogP contribution in [0.5, 0.6) is 0 Å². The van der Waals surface area contributed by atoms with E-state index in [-0.39, 0.29) is 5.91 Å². The van der Waals surface area contributed by atoms with Crippen molar-refractivity contribution in [1.29, 1.82) is 0 Å². The summed E-state index contributed by atoms with van der Waals surface area (Å²) < 4.78 is 0. The number of amides is 1. The lowest BCUT2D eigenvalue weighted by Gasteiger charge is -2.15. The van der Waals surface area contributed by atoms with Crippen LogP contribution in [0.3, 0.4) is 0 Å². The zero-order chi connectivity index (χ0) is 14.8. The van der Waals surface area contributed by atoms with E-state index in [0.717, 1.165) is 16.3 Å². The average molecular weight is 297 g/mol. The van der Waals surface area contributed by atoms with Crippen LogP contribution in [-0.4, -0.2) is 23.2 Å². The van der Waals surface area contributed by atoms with Crippen molar-refractivity contribution in [2.45, 2.75) is 6.92 Å². The van der Waals surface area contributed by atoms with Gasteiger partial charge in [0.25, 0.3) is 5.91 Å². The molecule has 5 heteroatoms. The van der Waals surface area contributed by atoms with Gasteiger partial charge in [-0.15, -0.1) is 11.3 Å². The molecule has 0 saturated carbocycles. The van der Waals surface area contributed by atoms with Gasteiger partial charge in [-0.1, -0.05) is 23.8 Å². The number of aromatic amines is 1. The number of benzene rings is 1. The zero-order valence-corrected chi connectivity index (χ0v) is 12.6. The lowest BCUT2D eigenvalue weighted by molar-refractivity contribution is 0.0988. The van der Waals surface area contributed by atoms with Crippen molar-refractivity contribution in [2.75, 3.05) is 11.9 Å². The van der Waals surface area contributed by atoms with Crippen LogP contribution in [0, 0.1) is 6.92 Å². The van der Waals surface area contributed by atoms with Crippen molar-refractivity contribution in [3.05, 3.63) is 59.1 Å². The first-order chi connectivity index (χ1) is 10.1. The van der Waals surface area contributed by atoms with Gasteiger partial charge >= 0.3 is 0 Å². The number of carbonyl (C=O) groups is 1. The standard InChI is InChI=1S/C16H15N3OS/c1-11-5-7-12(8-6-11)19(2)16(20)14-10-13(17-18-14)15-4-3-9-21-15/h3-10H,1-2H3,(H,17,18). The van der Waals surface area contributed by atoms with Crippen molar-refractivity contribution in [3.8, 4) is 10.6 Å². The van der Waals surface area contributed by atoms with Crippen LogP contribution < -0.4 is 4.90 Å². The van der Waals surface area contributed by atoms with E-state index < -0.39 is 0 Å². The van der Waals surface area contributed by atoms with Crippen LogP contribution in [0.2, 0.25) is 0 Å². The Labute approximate surface area is 127 Å². The maximum atomic E-state index is 12.5. The predicted molar refractivity (Wildman–Crippen MR) is 85.8 cm³/mol. The SMILES string of the molecule is Cc1ccc(N(C)C(=O)c2cc(-c3cccs3)[nH]n2)cc1. The quantitative estimate of drug-likeness (QED) is 0.801. The van der Waals surface area contributed by atoms with E-state index in [2.05, 4.69) is 10.2 Å². The lowest BCUT2D eigenvalue weighted by Crippen LogP contribution is -2.26. The molecule has 1 N–H and O–H groups in total. The van der Waals surface area contributed by atoms with E-state index >= 15 is 0 Å². The number of aryl methyl sites for hydroxylation is 1. The van der Waals surface area contributed by atoms with Crippen LogP contribution in [-0.2, 0) is 0 Å². The highest BCUT2D eigenvalue weighted by Gasteiger charge is 2.17. The van der Waals surface area contributed by atoms with Crippen molar-refractivity contribution in [1.82, 2.24) is 10.2 Å². The van der Waals surface area contributed by atoms with Crippen LogP contribution >= 0.6 is 11.3 Å². The molecule has 0 bridgehead atoms. The molecule has 0 aliphatic carbocycles. The number of hydrogen-bond donors (Lipinski definition) is 1. The van der Waals surface area contributed by atoms with Gasteiger partial charge in [0.05, 0.1) is 10.6 Å². The normalized spacial score (nSPS) is 10.6. The minimum Gasteiger partial charge on any atom is -0.310 e. The average Bonchev–Trinajstić information content (AvgIpc) is 3.17. The molecule has 0 atom stereocenters. The Bertz CT molecular complexity index is 744. The predicted octanol–water partition coefficient (Wildman–Crippen LogP) is 3.72. The summed E-state index contributed by atoms with van der Waals surface area (Å²) in [6.07, 6.45) is 0. The summed E-state index contributed by atoms with van der Waals surface area (Å²) in [4.78, 5) is 15.1. The summed E-state index contributed by atoms with van der Waals surface area (Å²) in [5, 5.41) is 9.04. The number of nitrogens with one attached hydrogen (secondary N) is 1. The highest BCUT2D eigenvalue weighted by atomic mass is 32.1. The van der Waals surface area contributed by atoms with E-state index in [1.165, 1.54) is 5.56 Å². The second kappa shape index (κ2) is 5.54. The topological polar surface area (TPSA) is 49.0 Å². The molecule has 1 aromatic carbocycles. The van der Waals surface area contributed by atoms with E-state index in [1.807, 2.05) is 48.7 Å². The molecule has 0 saturated heterocycles. The maximum absolute atomic E-state index is 12.5. The fourth-order valence-electron chi connectivity index (χ4n) is 2.05. The fraction of sp³-hybridized carbons (Fsp3) is 0.125. The van der Waals surface area contributed by atoms with Crippen molar-refractivity contribution in [2.24, 2.45) is 0 Å². The first-order valence-electron chi connectivity index (χ1n) is 6.59. The Kier molecular flexibility index (Phi) is 3.58. The number of H-pyrrole nitrogens is 1. The number of carbonyl (C=O) groups excluding carboxylic acids is 1. The van der Waals surface area contributed by atoms with Gasteiger partial charge in [-0.3, -0.25) is 9.89 Å². The monoisotopic (exact) mass is 297 g/mol. The molecule has 0 aliphatic rings. The molecule has 2 heterocycles. The minimum absolute atomic E-state index is 0.127. The number of hydrogen-bond acceptors (Lipinski definition) is 3. The minimum atomic E-state index is -0.127. The van der Waals surface area contributed by atoms with E-state index in [1.54, 1.807) is 29.4 Å². The first-order valence-corrected chi connectivity index (χ1v) is 7.47. The summed E-state index contributed by atoms with van der Waals surface area (Å²) in [6, 6.07) is 13.6. The lowest BCUT2D eigenvalue weighted by atomic mass is 10.2. The van der Waals surface area contributed by atoms with Crippen molar-refractivity contribution in [3.63, 3.8) is 0 Å². The Morgan fingerprint density at radius 1 is 1.24 bits per heavy atom. The highest BCUT2D eigenvalue weighted by molar-refractivity contribution is 7.13. The molecule has 0 radical (unpaired) electrons. The van der Waals surface area contributed by atoms with Crippen LogP contribution in [0.25, 0.3) is 10.6 Å². The Hall–Kier alpha value is -2.40. The molecular weight excluding hydrogens is 282 g/mol. The largest absolute Gasteiger partial charge is 0.310 e. The maximum Gasteiger partial charge on any atom is 0.278 e. The summed E-state index contributed by atoms with van der Waals surface area (Å²) >= 11 is 1.61. The third kappa shape index (κ3) is 2.73. The highest BCUT2D eigenvalue weighted by Crippen LogP contribution is 2.24. The molecule has 3 rings (SSSR count). The van der Waals surface area contributed by atoms with Gasteiger partial charge in [0.2, 0.25) is 0 Å². The molecule has 3 aromatic rings. The molecule has 106 valence electrons. The van der Waals surface area contributed by atoms with Gasteiger partial charge < -0.3 is 4.90 Å². The molecular formula is C16H15N3OS. The second-order valence-corrected chi connectivity index (χ2v) is 5.79. The summed E-state index contributed by atoms with van der Waals surface area (Å²) in [5.41, 5.74) is 3.30. The Morgan fingerprint density at radius 3 is 2.67 bits per heavy atom. The van der Waals surface area contributed by atoms with Gasteiger partial charge in [-0.05, 0) is 36.6 Å². The number of thiophene rings is 1. The molecule has 21 heavy (non-hydrogen) atoms. The molecule has 1 amide bonds. The number of anilines is 1. The summed E-state index contributed by atoms with van der Waals surface area (Å²) in [6.45, 7) is 2.02. The number of rotatable bonds is 3. The van der Waals surface area contributed by atoms with Crippen molar-refractivity contribution >= 4 is 22.9 Å². The first kappa shape index (κ1) is 13.6. The second-order valence-electron chi connectivity index (χ2n) is 4.84. The van der Waals surface area contributed by atoms with E-state index in [0.29, 0.717) is 5.69 Å². The number of nitrogens with zero attached hydrogens (tertiary/aromatic N) is 2. The van der Waals surface area contributed by atoms with Gasteiger partial charge in [-0.25, -0.2) is 0 Å². The fourth-order valence-corrected chi connectivity index (χ4v) is 2.74. The van der Waals surface area contributed by atoms with Gasteiger partial charge in [0, 0.05) is 12.7 Å². The molecule has 0 fully saturated rings. The van der Waals surface area contributed by atoms with Gasteiger partial charge in [-0.2, -0.15) is 5.10 Å². The van der Waals surface area contributed by atoms with Gasteiger partial charge in [0.15, 0.2) is 5.69 Å². The van der Waals surface area contributed by atoms with E-state index in [4.69, 9.17) is 0 Å². The van der Waals surface area contributed by atoms with E-state index in [9.17, 15) is 4.79 Å². The van der Waals surface area contributed by atoms with Crippen LogP contribution in [0.1, 0.15) is 16.1 Å². The molecule has 0 aliphatic heterocycles. The van der Waals surface area contributed by atoms with Crippen LogP contribution in [0.4, 0.5) is 5.69 Å². The summed E-state index contributed by atoms with van der Waals surface area (Å²) in [5.74, 6) is -0.127. The third-order valence-electron chi connectivity index (χ3n) is 3.31. The smallest absolute Gasteiger partial charge is 0.278 e. The molecule has 0 unspecified atom stereocenters. The molecule has 2 aromatic heterocycles. The molecule has 0 spiro atoms. The zero-order valence-electron chi connectivity index (χ0n) is 11.8. The third-order valence-corrected chi connectivity index (χ3v) is 4.21. The summed E-state index contributed by atoms with van der Waals surface area (Å²) in [7, 11) is 1.76. The van der Waals surface area contributed by atoms with Crippen molar-refractivity contribution < 1.29 is 4.79 Å². The number of aromatic nitrogens is 2. The Balaban J connectivity index is 1.83.